The lowest BCUT2D eigenvalue weighted by molar-refractivity contribution is -0.143. The molecule has 1 fully saturated rings. The van der Waals surface area contributed by atoms with Crippen molar-refractivity contribution in [3.05, 3.63) is 18.5 Å². The lowest BCUT2D eigenvalue weighted by Crippen LogP contribution is -2.47. The van der Waals surface area contributed by atoms with Gasteiger partial charge in [0.05, 0.1) is 13.0 Å². The molecule has 1 aromatic rings. The first-order chi connectivity index (χ1) is 9.29. The van der Waals surface area contributed by atoms with E-state index in [9.17, 15) is 4.79 Å². The predicted octanol–water partition coefficient (Wildman–Crippen LogP) is 0.552. The number of hydrogen-bond acceptors (Lipinski definition) is 6. The standard InChI is InChI=1S/C13H20N4O2/c1-2-19-12(18)4-7-16-8-10-17(11-9-16)13-14-5-3-6-15-13/h3,5-6H,2,4,7-11H2,1H3. The molecule has 2 heterocycles. The van der Waals surface area contributed by atoms with Gasteiger partial charge in [0, 0.05) is 45.1 Å². The SMILES string of the molecule is CCOC(=O)CCN1CCN(c2ncccn2)CC1. The summed E-state index contributed by atoms with van der Waals surface area (Å²) >= 11 is 0. The van der Waals surface area contributed by atoms with E-state index in [1.807, 2.05) is 13.0 Å². The first-order valence-corrected chi connectivity index (χ1v) is 6.69. The minimum Gasteiger partial charge on any atom is -0.466 e. The van der Waals surface area contributed by atoms with Crippen molar-refractivity contribution in [2.75, 3.05) is 44.2 Å². The van der Waals surface area contributed by atoms with Crippen molar-refractivity contribution in [3.63, 3.8) is 0 Å². The molecule has 104 valence electrons. The molecule has 0 spiro atoms. The van der Waals surface area contributed by atoms with Crippen LogP contribution in [0.5, 0.6) is 0 Å². The van der Waals surface area contributed by atoms with Gasteiger partial charge in [-0.15, -0.1) is 0 Å². The van der Waals surface area contributed by atoms with Gasteiger partial charge in [-0.05, 0) is 13.0 Å². The molecule has 0 bridgehead atoms. The number of carbonyl (C=O) groups is 1. The first kappa shape index (κ1) is 13.7. The van der Waals surface area contributed by atoms with Crippen molar-refractivity contribution in [2.24, 2.45) is 0 Å². The average Bonchev–Trinajstić information content (AvgIpc) is 2.47. The summed E-state index contributed by atoms with van der Waals surface area (Å²) in [7, 11) is 0. The summed E-state index contributed by atoms with van der Waals surface area (Å²) in [6.07, 6.45) is 3.99. The van der Waals surface area contributed by atoms with Gasteiger partial charge in [0.1, 0.15) is 0 Å². The number of aromatic nitrogens is 2. The third kappa shape index (κ3) is 4.17. The van der Waals surface area contributed by atoms with Crippen LogP contribution in [0.2, 0.25) is 0 Å². The molecule has 1 aliphatic rings. The molecular formula is C13H20N4O2. The third-order valence-electron chi connectivity index (χ3n) is 3.14. The topological polar surface area (TPSA) is 58.6 Å². The summed E-state index contributed by atoms with van der Waals surface area (Å²) in [6, 6.07) is 1.82. The Kier molecular flexibility index (Phi) is 5.09. The van der Waals surface area contributed by atoms with Crippen LogP contribution in [-0.2, 0) is 9.53 Å². The van der Waals surface area contributed by atoms with Crippen LogP contribution < -0.4 is 4.90 Å². The van der Waals surface area contributed by atoms with E-state index in [-0.39, 0.29) is 5.97 Å². The smallest absolute Gasteiger partial charge is 0.307 e. The van der Waals surface area contributed by atoms with E-state index in [1.165, 1.54) is 0 Å². The van der Waals surface area contributed by atoms with Crippen molar-refractivity contribution in [3.8, 4) is 0 Å². The van der Waals surface area contributed by atoms with Crippen LogP contribution in [0, 0.1) is 0 Å². The molecule has 2 rings (SSSR count). The average molecular weight is 264 g/mol. The van der Waals surface area contributed by atoms with Crippen LogP contribution in [0.1, 0.15) is 13.3 Å². The Morgan fingerprint density at radius 1 is 1.26 bits per heavy atom. The molecule has 6 nitrogen and oxygen atoms in total. The van der Waals surface area contributed by atoms with E-state index in [0.717, 1.165) is 38.7 Å². The van der Waals surface area contributed by atoms with Crippen molar-refractivity contribution in [2.45, 2.75) is 13.3 Å². The largest absolute Gasteiger partial charge is 0.466 e. The molecule has 0 N–H and O–H groups in total. The Hall–Kier alpha value is -1.69. The van der Waals surface area contributed by atoms with Gasteiger partial charge in [-0.25, -0.2) is 9.97 Å². The molecule has 0 amide bonds. The molecule has 0 aromatic carbocycles. The molecule has 1 saturated heterocycles. The fourth-order valence-corrected chi connectivity index (χ4v) is 2.11. The molecule has 0 radical (unpaired) electrons. The number of ether oxygens (including phenoxy) is 1. The molecule has 0 saturated carbocycles. The molecule has 0 unspecified atom stereocenters. The second-order valence-corrected chi connectivity index (χ2v) is 4.43. The third-order valence-corrected chi connectivity index (χ3v) is 3.14. The number of anilines is 1. The van der Waals surface area contributed by atoms with Gasteiger partial charge in [0.25, 0.3) is 0 Å². The Balaban J connectivity index is 1.72. The van der Waals surface area contributed by atoms with Crippen LogP contribution in [0.3, 0.4) is 0 Å². The Morgan fingerprint density at radius 3 is 2.58 bits per heavy atom. The monoisotopic (exact) mass is 264 g/mol. The van der Waals surface area contributed by atoms with Gasteiger partial charge < -0.3 is 9.64 Å². The van der Waals surface area contributed by atoms with Crippen molar-refractivity contribution in [1.82, 2.24) is 14.9 Å². The van der Waals surface area contributed by atoms with Crippen LogP contribution >= 0.6 is 0 Å². The van der Waals surface area contributed by atoms with E-state index >= 15 is 0 Å². The van der Waals surface area contributed by atoms with Gasteiger partial charge in [0.15, 0.2) is 0 Å². The summed E-state index contributed by atoms with van der Waals surface area (Å²) < 4.78 is 4.93. The highest BCUT2D eigenvalue weighted by Gasteiger charge is 2.19. The zero-order chi connectivity index (χ0) is 13.5. The fourth-order valence-electron chi connectivity index (χ4n) is 2.11. The Labute approximate surface area is 113 Å². The zero-order valence-corrected chi connectivity index (χ0v) is 11.3. The molecule has 19 heavy (non-hydrogen) atoms. The Morgan fingerprint density at radius 2 is 1.95 bits per heavy atom. The summed E-state index contributed by atoms with van der Waals surface area (Å²) in [5.74, 6) is 0.670. The molecular weight excluding hydrogens is 244 g/mol. The van der Waals surface area contributed by atoms with E-state index in [2.05, 4.69) is 19.8 Å². The van der Waals surface area contributed by atoms with E-state index < -0.39 is 0 Å². The van der Waals surface area contributed by atoms with E-state index in [4.69, 9.17) is 4.74 Å². The van der Waals surface area contributed by atoms with Gasteiger partial charge in [-0.2, -0.15) is 0 Å². The predicted molar refractivity (Wildman–Crippen MR) is 71.9 cm³/mol. The maximum absolute atomic E-state index is 11.3. The van der Waals surface area contributed by atoms with Crippen LogP contribution in [0.25, 0.3) is 0 Å². The van der Waals surface area contributed by atoms with Crippen LogP contribution in [0.4, 0.5) is 5.95 Å². The van der Waals surface area contributed by atoms with Gasteiger partial charge in [-0.3, -0.25) is 9.69 Å². The number of piperazine rings is 1. The zero-order valence-electron chi connectivity index (χ0n) is 11.3. The summed E-state index contributed by atoms with van der Waals surface area (Å²) in [4.78, 5) is 24.2. The minimum absolute atomic E-state index is 0.115. The lowest BCUT2D eigenvalue weighted by atomic mass is 10.3. The number of nitrogens with zero attached hydrogens (tertiary/aromatic N) is 4. The van der Waals surface area contributed by atoms with Gasteiger partial charge >= 0.3 is 5.97 Å². The highest BCUT2D eigenvalue weighted by Crippen LogP contribution is 2.09. The minimum atomic E-state index is -0.115. The molecule has 6 heteroatoms. The molecule has 0 atom stereocenters. The first-order valence-electron chi connectivity index (χ1n) is 6.69. The molecule has 1 aliphatic heterocycles. The molecule has 1 aromatic heterocycles. The normalized spacial score (nSPS) is 16.4. The summed E-state index contributed by atoms with van der Waals surface area (Å²) in [6.45, 7) is 6.70. The number of rotatable bonds is 5. The summed E-state index contributed by atoms with van der Waals surface area (Å²) in [5, 5.41) is 0. The summed E-state index contributed by atoms with van der Waals surface area (Å²) in [5.41, 5.74) is 0. The second-order valence-electron chi connectivity index (χ2n) is 4.43. The number of esters is 1. The van der Waals surface area contributed by atoms with Crippen molar-refractivity contribution >= 4 is 11.9 Å². The molecule has 0 aliphatic carbocycles. The maximum atomic E-state index is 11.3. The van der Waals surface area contributed by atoms with E-state index in [0.29, 0.717) is 13.0 Å². The lowest BCUT2D eigenvalue weighted by Gasteiger charge is -2.34. The van der Waals surface area contributed by atoms with Gasteiger partial charge in [-0.1, -0.05) is 0 Å². The number of hydrogen-bond donors (Lipinski definition) is 0. The number of carbonyl (C=O) groups excluding carboxylic acids is 1. The highest BCUT2D eigenvalue weighted by molar-refractivity contribution is 5.69. The highest BCUT2D eigenvalue weighted by atomic mass is 16.5. The Bertz CT molecular complexity index is 391. The van der Waals surface area contributed by atoms with Crippen LogP contribution in [0.15, 0.2) is 18.5 Å². The quantitative estimate of drug-likeness (QED) is 0.724. The van der Waals surface area contributed by atoms with Crippen molar-refractivity contribution in [1.29, 1.82) is 0 Å². The van der Waals surface area contributed by atoms with Gasteiger partial charge in [0.2, 0.25) is 5.95 Å². The second kappa shape index (κ2) is 7.04. The van der Waals surface area contributed by atoms with Crippen molar-refractivity contribution < 1.29 is 9.53 Å². The maximum Gasteiger partial charge on any atom is 0.307 e. The van der Waals surface area contributed by atoms with E-state index in [1.54, 1.807) is 12.4 Å². The van der Waals surface area contributed by atoms with Crippen LogP contribution in [-0.4, -0.2) is 60.2 Å². The fraction of sp³-hybridized carbons (Fsp3) is 0.615.